The summed E-state index contributed by atoms with van der Waals surface area (Å²) >= 11 is 0. The smallest absolute Gasteiger partial charge is 0.254 e. The number of halogens is 1. The van der Waals surface area contributed by atoms with E-state index in [0.29, 0.717) is 19.5 Å². The molecular weight excluding hydrogens is 199 g/mol. The largest absolute Gasteiger partial charge is 0.391 e. The summed E-state index contributed by atoms with van der Waals surface area (Å²) in [6.45, 7) is 0.840. The molecule has 1 aromatic heterocycles. The number of amides is 1. The van der Waals surface area contributed by atoms with Crippen molar-refractivity contribution < 1.29 is 14.3 Å². The van der Waals surface area contributed by atoms with Gasteiger partial charge in [0.1, 0.15) is 0 Å². The van der Waals surface area contributed by atoms with Crippen molar-refractivity contribution in [1.82, 2.24) is 9.88 Å². The maximum atomic E-state index is 12.8. The number of pyridine rings is 1. The van der Waals surface area contributed by atoms with Crippen LogP contribution in [0.15, 0.2) is 18.3 Å². The van der Waals surface area contributed by atoms with Gasteiger partial charge in [-0.25, -0.2) is 4.98 Å². The molecule has 1 saturated heterocycles. The molecule has 1 atom stereocenters. The summed E-state index contributed by atoms with van der Waals surface area (Å²) in [5.41, 5.74) is 0.275. The van der Waals surface area contributed by atoms with Gasteiger partial charge in [0, 0.05) is 30.9 Å². The predicted molar refractivity (Wildman–Crippen MR) is 50.7 cm³/mol. The quantitative estimate of drug-likeness (QED) is 0.684. The molecule has 1 aliphatic heterocycles. The Morgan fingerprint density at radius 1 is 1.67 bits per heavy atom. The zero-order chi connectivity index (χ0) is 10.8. The van der Waals surface area contributed by atoms with Crippen LogP contribution in [0.25, 0.3) is 0 Å². The van der Waals surface area contributed by atoms with Gasteiger partial charge in [-0.3, -0.25) is 4.79 Å². The third kappa shape index (κ3) is 2.12. The van der Waals surface area contributed by atoms with Crippen molar-refractivity contribution in [3.05, 3.63) is 29.8 Å². The lowest BCUT2D eigenvalue weighted by molar-refractivity contribution is 0.0764. The summed E-state index contributed by atoms with van der Waals surface area (Å²) in [5.74, 6) is -0.923. The lowest BCUT2D eigenvalue weighted by Crippen LogP contribution is -2.29. The molecule has 5 heteroatoms. The summed E-state index contributed by atoms with van der Waals surface area (Å²) in [6, 6.07) is 2.57. The highest BCUT2D eigenvalue weighted by molar-refractivity contribution is 5.94. The molecule has 0 saturated carbocycles. The number of hydrogen-bond acceptors (Lipinski definition) is 3. The van der Waals surface area contributed by atoms with Crippen molar-refractivity contribution in [3.8, 4) is 0 Å². The molecule has 1 N–H and O–H groups in total. The summed E-state index contributed by atoms with van der Waals surface area (Å²) in [4.78, 5) is 16.7. The molecule has 0 unspecified atom stereocenters. The van der Waals surface area contributed by atoms with Gasteiger partial charge in [-0.1, -0.05) is 0 Å². The van der Waals surface area contributed by atoms with Crippen LogP contribution in [0.2, 0.25) is 0 Å². The van der Waals surface area contributed by atoms with Crippen LogP contribution in [-0.2, 0) is 0 Å². The monoisotopic (exact) mass is 210 g/mol. The highest BCUT2D eigenvalue weighted by Crippen LogP contribution is 2.13. The first kappa shape index (κ1) is 10.0. The van der Waals surface area contributed by atoms with E-state index in [0.717, 1.165) is 6.07 Å². The SMILES string of the molecule is O=C(c1ccnc(F)c1)N1CC[C@@H](O)C1. The molecule has 1 fully saturated rings. The maximum absolute atomic E-state index is 12.8. The Morgan fingerprint density at radius 3 is 3.07 bits per heavy atom. The van der Waals surface area contributed by atoms with E-state index in [1.807, 2.05) is 0 Å². The lowest BCUT2D eigenvalue weighted by Gasteiger charge is -2.15. The maximum Gasteiger partial charge on any atom is 0.254 e. The topological polar surface area (TPSA) is 53.4 Å². The van der Waals surface area contributed by atoms with Crippen LogP contribution >= 0.6 is 0 Å². The normalized spacial score (nSPS) is 20.7. The van der Waals surface area contributed by atoms with Crippen molar-refractivity contribution in [2.24, 2.45) is 0 Å². The van der Waals surface area contributed by atoms with Crippen LogP contribution in [0.5, 0.6) is 0 Å². The van der Waals surface area contributed by atoms with Gasteiger partial charge in [0.2, 0.25) is 5.95 Å². The number of hydrogen-bond donors (Lipinski definition) is 1. The van der Waals surface area contributed by atoms with Crippen molar-refractivity contribution in [2.75, 3.05) is 13.1 Å². The summed E-state index contributed by atoms with van der Waals surface area (Å²) in [5, 5.41) is 9.27. The van der Waals surface area contributed by atoms with E-state index in [1.165, 1.54) is 17.2 Å². The molecule has 1 aliphatic rings. The first-order valence-electron chi connectivity index (χ1n) is 4.76. The van der Waals surface area contributed by atoms with E-state index in [1.54, 1.807) is 0 Å². The number of β-amino-alcohol motifs (C(OH)–C–C–N with tert-alkyl or cyclic N) is 1. The van der Waals surface area contributed by atoms with Crippen molar-refractivity contribution in [3.63, 3.8) is 0 Å². The number of likely N-dealkylation sites (tertiary alicyclic amines) is 1. The molecule has 4 nitrogen and oxygen atoms in total. The standard InChI is InChI=1S/C10H11FN2O2/c11-9-5-7(1-3-12-9)10(15)13-4-2-8(14)6-13/h1,3,5,8,14H,2,4,6H2/t8-/m1/s1. The van der Waals surface area contributed by atoms with Gasteiger partial charge in [0.05, 0.1) is 6.10 Å². The fourth-order valence-electron chi connectivity index (χ4n) is 1.64. The van der Waals surface area contributed by atoms with E-state index in [9.17, 15) is 14.3 Å². The Morgan fingerprint density at radius 2 is 2.47 bits per heavy atom. The molecule has 1 aromatic rings. The Bertz CT molecular complexity index is 383. The van der Waals surface area contributed by atoms with Crippen molar-refractivity contribution in [2.45, 2.75) is 12.5 Å². The number of aromatic nitrogens is 1. The molecule has 2 rings (SSSR count). The molecule has 0 aromatic carbocycles. The number of aliphatic hydroxyl groups is 1. The van der Waals surface area contributed by atoms with Crippen LogP contribution in [0.1, 0.15) is 16.8 Å². The van der Waals surface area contributed by atoms with Gasteiger partial charge in [-0.2, -0.15) is 4.39 Å². The molecule has 15 heavy (non-hydrogen) atoms. The zero-order valence-corrected chi connectivity index (χ0v) is 8.06. The van der Waals surface area contributed by atoms with E-state index in [4.69, 9.17) is 0 Å². The highest BCUT2D eigenvalue weighted by atomic mass is 19.1. The Kier molecular flexibility index (Phi) is 2.64. The number of carbonyl (C=O) groups excluding carboxylic acids is 1. The summed E-state index contributed by atoms with van der Waals surface area (Å²) in [6.07, 6.45) is 1.38. The van der Waals surface area contributed by atoms with Crippen LogP contribution in [0.4, 0.5) is 4.39 Å². The first-order valence-corrected chi connectivity index (χ1v) is 4.76. The van der Waals surface area contributed by atoms with Crippen LogP contribution in [-0.4, -0.2) is 40.1 Å². The number of aliphatic hydroxyl groups excluding tert-OH is 1. The number of carbonyl (C=O) groups is 1. The highest BCUT2D eigenvalue weighted by Gasteiger charge is 2.25. The molecule has 0 spiro atoms. The average Bonchev–Trinajstić information content (AvgIpc) is 2.64. The summed E-state index contributed by atoms with van der Waals surface area (Å²) in [7, 11) is 0. The molecular formula is C10H11FN2O2. The zero-order valence-electron chi connectivity index (χ0n) is 8.06. The third-order valence-electron chi connectivity index (χ3n) is 2.42. The van der Waals surface area contributed by atoms with E-state index >= 15 is 0 Å². The number of nitrogens with zero attached hydrogens (tertiary/aromatic N) is 2. The van der Waals surface area contributed by atoms with Crippen LogP contribution in [0, 0.1) is 5.95 Å². The van der Waals surface area contributed by atoms with Crippen LogP contribution < -0.4 is 0 Å². The molecule has 0 aliphatic carbocycles. The second-order valence-electron chi connectivity index (χ2n) is 3.56. The van der Waals surface area contributed by atoms with E-state index in [-0.39, 0.29) is 11.5 Å². The van der Waals surface area contributed by atoms with Crippen molar-refractivity contribution in [1.29, 1.82) is 0 Å². The molecule has 2 heterocycles. The molecule has 1 amide bonds. The Balaban J connectivity index is 2.14. The second kappa shape index (κ2) is 3.94. The van der Waals surface area contributed by atoms with Crippen molar-refractivity contribution >= 4 is 5.91 Å². The second-order valence-corrected chi connectivity index (χ2v) is 3.56. The third-order valence-corrected chi connectivity index (χ3v) is 2.42. The van der Waals surface area contributed by atoms with Gasteiger partial charge in [-0.05, 0) is 12.5 Å². The molecule has 0 radical (unpaired) electrons. The molecule has 0 bridgehead atoms. The lowest BCUT2D eigenvalue weighted by atomic mass is 10.2. The molecule has 80 valence electrons. The fourth-order valence-corrected chi connectivity index (χ4v) is 1.64. The van der Waals surface area contributed by atoms with Crippen LogP contribution in [0.3, 0.4) is 0 Å². The fraction of sp³-hybridized carbons (Fsp3) is 0.400. The first-order chi connectivity index (χ1) is 7.16. The average molecular weight is 210 g/mol. The minimum absolute atomic E-state index is 0.257. The predicted octanol–water partition coefficient (Wildman–Crippen LogP) is 0.428. The number of rotatable bonds is 1. The Labute approximate surface area is 86.4 Å². The van der Waals surface area contributed by atoms with Gasteiger partial charge in [0.25, 0.3) is 5.91 Å². The van der Waals surface area contributed by atoms with Gasteiger partial charge in [0.15, 0.2) is 0 Å². The van der Waals surface area contributed by atoms with E-state index < -0.39 is 12.1 Å². The van der Waals surface area contributed by atoms with E-state index in [2.05, 4.69) is 4.98 Å². The van der Waals surface area contributed by atoms with Gasteiger partial charge in [-0.15, -0.1) is 0 Å². The summed E-state index contributed by atoms with van der Waals surface area (Å²) < 4.78 is 12.8. The van der Waals surface area contributed by atoms with Gasteiger partial charge < -0.3 is 10.0 Å². The van der Waals surface area contributed by atoms with Gasteiger partial charge >= 0.3 is 0 Å². The minimum atomic E-state index is -0.666. The Hall–Kier alpha value is -1.49. The minimum Gasteiger partial charge on any atom is -0.391 e.